The van der Waals surface area contributed by atoms with Crippen LogP contribution >= 0.6 is 15.9 Å². The normalized spacial score (nSPS) is 11.6. The fraction of sp³-hybridized carbons (Fsp3) is 0.333. The van der Waals surface area contributed by atoms with Crippen molar-refractivity contribution in [2.24, 2.45) is 0 Å². The van der Waals surface area contributed by atoms with Crippen molar-refractivity contribution in [3.63, 3.8) is 0 Å². The fourth-order valence-corrected chi connectivity index (χ4v) is 4.30. The molecule has 0 radical (unpaired) electrons. The molecule has 146 valence electrons. The SMILES string of the molecule is CCN(CC)S(=O)(=O)c1ccc(=O)n(CC(=O)Nc2ccc(Br)c(C)c2)c1. The minimum Gasteiger partial charge on any atom is -0.325 e. The Morgan fingerprint density at radius 1 is 1.19 bits per heavy atom. The Labute approximate surface area is 167 Å². The zero-order valence-corrected chi connectivity index (χ0v) is 17.8. The first-order chi connectivity index (χ1) is 12.7. The van der Waals surface area contributed by atoms with Crippen LogP contribution in [0.25, 0.3) is 0 Å². The molecule has 1 heterocycles. The first-order valence-corrected chi connectivity index (χ1v) is 10.7. The highest BCUT2D eigenvalue weighted by atomic mass is 79.9. The quantitative estimate of drug-likeness (QED) is 0.694. The highest BCUT2D eigenvalue weighted by molar-refractivity contribution is 9.10. The molecule has 1 amide bonds. The third-order valence-electron chi connectivity index (χ3n) is 4.06. The van der Waals surface area contributed by atoms with Crippen LogP contribution in [-0.4, -0.2) is 36.3 Å². The highest BCUT2D eigenvalue weighted by Crippen LogP contribution is 2.20. The van der Waals surface area contributed by atoms with Crippen molar-refractivity contribution < 1.29 is 13.2 Å². The lowest BCUT2D eigenvalue weighted by Crippen LogP contribution is -2.33. The summed E-state index contributed by atoms with van der Waals surface area (Å²) in [5.74, 6) is -0.420. The molecule has 2 aromatic rings. The van der Waals surface area contributed by atoms with E-state index in [0.29, 0.717) is 18.8 Å². The Bertz CT molecular complexity index is 998. The van der Waals surface area contributed by atoms with Gasteiger partial charge in [0.15, 0.2) is 0 Å². The molecule has 2 rings (SSSR count). The molecule has 0 aliphatic heterocycles. The molecule has 1 aromatic carbocycles. The molecule has 0 aliphatic rings. The molecule has 27 heavy (non-hydrogen) atoms. The van der Waals surface area contributed by atoms with Gasteiger partial charge in [-0.15, -0.1) is 0 Å². The smallest absolute Gasteiger partial charge is 0.251 e. The van der Waals surface area contributed by atoms with Gasteiger partial charge in [0.05, 0.1) is 4.90 Å². The van der Waals surface area contributed by atoms with E-state index in [-0.39, 0.29) is 11.4 Å². The molecule has 9 heteroatoms. The van der Waals surface area contributed by atoms with Gasteiger partial charge >= 0.3 is 0 Å². The number of sulfonamides is 1. The predicted octanol–water partition coefficient (Wildman–Crippen LogP) is 2.59. The molecular weight excluding hydrogens is 434 g/mol. The lowest BCUT2D eigenvalue weighted by atomic mass is 10.2. The van der Waals surface area contributed by atoms with Crippen LogP contribution in [0, 0.1) is 6.92 Å². The number of nitrogens with one attached hydrogen (secondary N) is 1. The Kier molecular flexibility index (Phi) is 6.96. The van der Waals surface area contributed by atoms with Crippen molar-refractivity contribution in [1.29, 1.82) is 0 Å². The number of amides is 1. The van der Waals surface area contributed by atoms with Crippen molar-refractivity contribution in [2.75, 3.05) is 18.4 Å². The Balaban J connectivity index is 2.24. The van der Waals surface area contributed by atoms with Gasteiger partial charge in [0.2, 0.25) is 15.9 Å². The van der Waals surface area contributed by atoms with E-state index < -0.39 is 21.5 Å². The summed E-state index contributed by atoms with van der Waals surface area (Å²) in [6.45, 7) is 5.74. The Hall–Kier alpha value is -1.97. The minimum absolute atomic E-state index is 0.0157. The molecular formula is C18H22BrN3O4S. The molecule has 0 saturated heterocycles. The molecule has 7 nitrogen and oxygen atoms in total. The van der Waals surface area contributed by atoms with Crippen LogP contribution in [0.3, 0.4) is 0 Å². The van der Waals surface area contributed by atoms with E-state index in [1.165, 1.54) is 16.6 Å². The summed E-state index contributed by atoms with van der Waals surface area (Å²) in [6.07, 6.45) is 1.21. The van der Waals surface area contributed by atoms with Crippen LogP contribution in [0.4, 0.5) is 5.69 Å². The maximum atomic E-state index is 12.6. The van der Waals surface area contributed by atoms with Gasteiger partial charge in [-0.05, 0) is 36.8 Å². The summed E-state index contributed by atoms with van der Waals surface area (Å²) in [4.78, 5) is 24.3. The van der Waals surface area contributed by atoms with E-state index >= 15 is 0 Å². The molecule has 0 fully saturated rings. The van der Waals surface area contributed by atoms with Crippen molar-refractivity contribution in [2.45, 2.75) is 32.2 Å². The number of rotatable bonds is 7. The molecule has 1 N–H and O–H groups in total. The predicted molar refractivity (Wildman–Crippen MR) is 108 cm³/mol. The van der Waals surface area contributed by atoms with Crippen molar-refractivity contribution in [3.05, 3.63) is 56.9 Å². The lowest BCUT2D eigenvalue weighted by molar-refractivity contribution is -0.116. The second-order valence-corrected chi connectivity index (χ2v) is 8.72. The van der Waals surface area contributed by atoms with Gasteiger partial charge in [-0.2, -0.15) is 4.31 Å². The van der Waals surface area contributed by atoms with Gasteiger partial charge in [-0.3, -0.25) is 9.59 Å². The molecule has 0 saturated carbocycles. The number of aromatic nitrogens is 1. The van der Waals surface area contributed by atoms with Gasteiger partial charge in [0.1, 0.15) is 6.54 Å². The molecule has 0 aliphatic carbocycles. The lowest BCUT2D eigenvalue weighted by Gasteiger charge is -2.19. The second kappa shape index (κ2) is 8.81. The average molecular weight is 456 g/mol. The van der Waals surface area contributed by atoms with Crippen LogP contribution in [-0.2, 0) is 21.4 Å². The average Bonchev–Trinajstić information content (AvgIpc) is 2.60. The van der Waals surface area contributed by atoms with Gasteiger partial charge in [0.25, 0.3) is 5.56 Å². The van der Waals surface area contributed by atoms with Crippen LogP contribution in [0.15, 0.2) is 50.7 Å². The maximum absolute atomic E-state index is 12.6. The molecule has 0 bridgehead atoms. The number of benzene rings is 1. The monoisotopic (exact) mass is 455 g/mol. The van der Waals surface area contributed by atoms with Crippen molar-refractivity contribution in [3.8, 4) is 0 Å². The summed E-state index contributed by atoms with van der Waals surface area (Å²) in [5, 5.41) is 2.71. The van der Waals surface area contributed by atoms with Gasteiger partial charge in [-0.1, -0.05) is 29.8 Å². The first kappa shape index (κ1) is 21.3. The van der Waals surface area contributed by atoms with Crippen LogP contribution < -0.4 is 10.9 Å². The molecule has 0 atom stereocenters. The Morgan fingerprint density at radius 2 is 1.85 bits per heavy atom. The van der Waals surface area contributed by atoms with Crippen molar-refractivity contribution in [1.82, 2.24) is 8.87 Å². The van der Waals surface area contributed by atoms with E-state index in [1.807, 2.05) is 13.0 Å². The number of aryl methyl sites for hydroxylation is 1. The van der Waals surface area contributed by atoms with E-state index in [0.717, 1.165) is 20.7 Å². The number of carbonyl (C=O) groups excluding carboxylic acids is 1. The number of pyridine rings is 1. The largest absolute Gasteiger partial charge is 0.325 e. The van der Waals surface area contributed by atoms with Gasteiger partial charge < -0.3 is 9.88 Å². The summed E-state index contributed by atoms with van der Waals surface area (Å²) >= 11 is 3.39. The summed E-state index contributed by atoms with van der Waals surface area (Å²) in [7, 11) is -3.71. The van der Waals surface area contributed by atoms with E-state index in [1.54, 1.807) is 26.0 Å². The number of hydrogen-bond acceptors (Lipinski definition) is 4. The summed E-state index contributed by atoms with van der Waals surface area (Å²) < 4.78 is 28.5. The van der Waals surface area contributed by atoms with Crippen LogP contribution in [0.5, 0.6) is 0 Å². The fourth-order valence-electron chi connectivity index (χ4n) is 2.58. The number of halogens is 1. The van der Waals surface area contributed by atoms with Gasteiger partial charge in [-0.25, -0.2) is 8.42 Å². The standard InChI is InChI=1S/C18H22BrN3O4S/c1-4-22(5-2)27(25,26)15-7-9-18(24)21(11-15)12-17(23)20-14-6-8-16(19)13(3)10-14/h6-11H,4-5,12H2,1-3H3,(H,20,23). The third kappa shape index (κ3) is 5.06. The first-order valence-electron chi connectivity index (χ1n) is 8.45. The highest BCUT2D eigenvalue weighted by Gasteiger charge is 2.22. The number of nitrogens with zero attached hydrogens (tertiary/aromatic N) is 2. The van der Waals surface area contributed by atoms with E-state index in [4.69, 9.17) is 0 Å². The maximum Gasteiger partial charge on any atom is 0.251 e. The molecule has 0 spiro atoms. The molecule has 1 aromatic heterocycles. The summed E-state index contributed by atoms with van der Waals surface area (Å²) in [5.41, 5.74) is 1.11. The number of hydrogen-bond donors (Lipinski definition) is 1. The zero-order valence-electron chi connectivity index (χ0n) is 15.4. The third-order valence-corrected chi connectivity index (χ3v) is 6.98. The van der Waals surface area contributed by atoms with Crippen LogP contribution in [0.1, 0.15) is 19.4 Å². The number of anilines is 1. The second-order valence-electron chi connectivity index (χ2n) is 5.93. The topological polar surface area (TPSA) is 88.5 Å². The minimum atomic E-state index is -3.71. The van der Waals surface area contributed by atoms with E-state index in [2.05, 4.69) is 21.2 Å². The zero-order chi connectivity index (χ0) is 20.2. The van der Waals surface area contributed by atoms with Crippen LogP contribution in [0.2, 0.25) is 0 Å². The molecule has 0 unspecified atom stereocenters. The van der Waals surface area contributed by atoms with Gasteiger partial charge in [0, 0.05) is 35.5 Å². The summed E-state index contributed by atoms with van der Waals surface area (Å²) in [6, 6.07) is 7.77. The van der Waals surface area contributed by atoms with E-state index in [9.17, 15) is 18.0 Å². The number of carbonyl (C=O) groups is 1. The Morgan fingerprint density at radius 3 is 2.44 bits per heavy atom. The van der Waals surface area contributed by atoms with Crippen molar-refractivity contribution >= 4 is 37.5 Å².